The van der Waals surface area contributed by atoms with E-state index in [0.717, 1.165) is 5.75 Å². The molecular formula is C4H9FS. The second-order valence-corrected chi connectivity index (χ2v) is 2.02. The van der Waals surface area contributed by atoms with E-state index in [4.69, 9.17) is 0 Å². The van der Waals surface area contributed by atoms with Crippen molar-refractivity contribution in [3.63, 3.8) is 0 Å². The van der Waals surface area contributed by atoms with Crippen LogP contribution in [0.25, 0.3) is 0 Å². The monoisotopic (exact) mass is 108 g/mol. The van der Waals surface area contributed by atoms with Gasteiger partial charge in [-0.05, 0) is 18.4 Å². The highest BCUT2D eigenvalue weighted by Crippen LogP contribution is 1.93. The zero-order valence-electron chi connectivity index (χ0n) is 3.91. The maximum atomic E-state index is 11.2. The number of hydrogen-bond acceptors (Lipinski definition) is 1. The SMILES string of the molecule is CSCCCF. The summed E-state index contributed by atoms with van der Waals surface area (Å²) in [5.74, 6) is 0.955. The van der Waals surface area contributed by atoms with Gasteiger partial charge < -0.3 is 0 Å². The maximum absolute atomic E-state index is 11.2. The first-order valence-electron chi connectivity index (χ1n) is 1.96. The van der Waals surface area contributed by atoms with Crippen molar-refractivity contribution in [2.24, 2.45) is 0 Å². The lowest BCUT2D eigenvalue weighted by Crippen LogP contribution is -1.76. The minimum absolute atomic E-state index is 0.166. The van der Waals surface area contributed by atoms with E-state index in [1.54, 1.807) is 11.8 Å². The lowest BCUT2D eigenvalue weighted by Gasteiger charge is -1.84. The standard InChI is InChI=1S/C4H9FS/c1-6-4-2-3-5/h2-4H2,1H3. The van der Waals surface area contributed by atoms with Crippen LogP contribution >= 0.6 is 11.8 Å². The summed E-state index contributed by atoms with van der Waals surface area (Å²) in [5, 5.41) is 0. The molecule has 0 amide bonds. The van der Waals surface area contributed by atoms with Crippen LogP contribution in [0.4, 0.5) is 4.39 Å². The van der Waals surface area contributed by atoms with Crippen molar-refractivity contribution in [3.05, 3.63) is 0 Å². The van der Waals surface area contributed by atoms with E-state index < -0.39 is 0 Å². The smallest absolute Gasteiger partial charge is 0.0902 e. The third-order valence-corrected chi connectivity index (χ3v) is 1.18. The molecule has 0 unspecified atom stereocenters. The Balaban J connectivity index is 2.34. The molecule has 0 radical (unpaired) electrons. The van der Waals surface area contributed by atoms with Gasteiger partial charge in [0, 0.05) is 0 Å². The van der Waals surface area contributed by atoms with Crippen LogP contribution in [0.5, 0.6) is 0 Å². The van der Waals surface area contributed by atoms with Gasteiger partial charge >= 0.3 is 0 Å². The molecule has 0 heterocycles. The lowest BCUT2D eigenvalue weighted by molar-refractivity contribution is 0.489. The molecule has 6 heavy (non-hydrogen) atoms. The van der Waals surface area contributed by atoms with Crippen molar-refractivity contribution >= 4 is 11.8 Å². The Hall–Kier alpha value is 0.280. The highest BCUT2D eigenvalue weighted by Gasteiger charge is 1.78. The van der Waals surface area contributed by atoms with Crippen molar-refractivity contribution in [3.8, 4) is 0 Å². The van der Waals surface area contributed by atoms with Crippen molar-refractivity contribution < 1.29 is 4.39 Å². The van der Waals surface area contributed by atoms with E-state index in [9.17, 15) is 4.39 Å². The van der Waals surface area contributed by atoms with E-state index in [2.05, 4.69) is 0 Å². The Morgan fingerprint density at radius 2 is 2.33 bits per heavy atom. The van der Waals surface area contributed by atoms with E-state index in [-0.39, 0.29) is 6.67 Å². The summed E-state index contributed by atoms with van der Waals surface area (Å²) in [6, 6.07) is 0. The van der Waals surface area contributed by atoms with Crippen molar-refractivity contribution in [1.82, 2.24) is 0 Å². The van der Waals surface area contributed by atoms with E-state index in [0.29, 0.717) is 6.42 Å². The summed E-state index contributed by atoms with van der Waals surface area (Å²) in [4.78, 5) is 0. The first-order valence-corrected chi connectivity index (χ1v) is 3.36. The molecule has 0 aromatic heterocycles. The Morgan fingerprint density at radius 1 is 1.67 bits per heavy atom. The normalized spacial score (nSPS) is 9.00. The van der Waals surface area contributed by atoms with Crippen LogP contribution in [0.3, 0.4) is 0 Å². The van der Waals surface area contributed by atoms with Gasteiger partial charge in [0.05, 0.1) is 6.67 Å². The number of halogens is 1. The van der Waals surface area contributed by atoms with E-state index >= 15 is 0 Å². The van der Waals surface area contributed by atoms with E-state index in [1.807, 2.05) is 6.26 Å². The van der Waals surface area contributed by atoms with Gasteiger partial charge in [-0.3, -0.25) is 4.39 Å². The van der Waals surface area contributed by atoms with Crippen molar-refractivity contribution in [1.29, 1.82) is 0 Å². The molecule has 0 saturated carbocycles. The van der Waals surface area contributed by atoms with Gasteiger partial charge in [0.25, 0.3) is 0 Å². The summed E-state index contributed by atoms with van der Waals surface area (Å²) in [5.41, 5.74) is 0. The molecule has 0 fully saturated rings. The minimum atomic E-state index is -0.166. The van der Waals surface area contributed by atoms with Crippen LogP contribution in [0.2, 0.25) is 0 Å². The first-order chi connectivity index (χ1) is 2.91. The quantitative estimate of drug-likeness (QED) is 0.496. The van der Waals surface area contributed by atoms with Gasteiger partial charge in [0.1, 0.15) is 0 Å². The minimum Gasteiger partial charge on any atom is -0.251 e. The summed E-state index contributed by atoms with van der Waals surface area (Å²) < 4.78 is 11.2. The molecule has 0 nitrogen and oxygen atoms in total. The molecule has 38 valence electrons. The number of rotatable bonds is 3. The Bertz CT molecular complexity index is 19.5. The van der Waals surface area contributed by atoms with Crippen LogP contribution in [0.15, 0.2) is 0 Å². The lowest BCUT2D eigenvalue weighted by atomic mass is 10.6. The molecule has 0 aromatic carbocycles. The summed E-state index contributed by atoms with van der Waals surface area (Å²) in [6.45, 7) is -0.166. The number of hydrogen-bond donors (Lipinski definition) is 0. The molecule has 0 aliphatic carbocycles. The van der Waals surface area contributed by atoms with Gasteiger partial charge in [-0.25, -0.2) is 0 Å². The summed E-state index contributed by atoms with van der Waals surface area (Å²) >= 11 is 1.69. The molecule has 0 bridgehead atoms. The first kappa shape index (κ1) is 6.28. The molecule has 2 heteroatoms. The molecular weight excluding hydrogens is 99.1 g/mol. The van der Waals surface area contributed by atoms with Crippen LogP contribution in [0.1, 0.15) is 6.42 Å². The highest BCUT2D eigenvalue weighted by molar-refractivity contribution is 7.98. The van der Waals surface area contributed by atoms with Crippen LogP contribution < -0.4 is 0 Å². The third-order valence-electron chi connectivity index (χ3n) is 0.482. The molecule has 0 saturated heterocycles. The Kier molecular flexibility index (Phi) is 5.53. The predicted octanol–water partition coefficient (Wildman–Crippen LogP) is 1.71. The second kappa shape index (κ2) is 5.28. The van der Waals surface area contributed by atoms with Crippen LogP contribution in [-0.2, 0) is 0 Å². The molecule has 0 spiro atoms. The second-order valence-electron chi connectivity index (χ2n) is 1.04. The Labute approximate surface area is 42.1 Å². The van der Waals surface area contributed by atoms with Crippen LogP contribution in [-0.4, -0.2) is 18.7 Å². The van der Waals surface area contributed by atoms with Gasteiger partial charge in [-0.15, -0.1) is 0 Å². The Morgan fingerprint density at radius 3 is 2.50 bits per heavy atom. The average Bonchev–Trinajstić information content (AvgIpc) is 1.61. The fraction of sp³-hybridized carbons (Fsp3) is 1.00. The topological polar surface area (TPSA) is 0 Å². The largest absolute Gasteiger partial charge is 0.251 e. The fourth-order valence-electron chi connectivity index (χ4n) is 0.199. The van der Waals surface area contributed by atoms with E-state index in [1.165, 1.54) is 0 Å². The van der Waals surface area contributed by atoms with Crippen molar-refractivity contribution in [2.45, 2.75) is 6.42 Å². The summed E-state index contributed by atoms with van der Waals surface area (Å²) in [6.07, 6.45) is 2.69. The fourth-order valence-corrected chi connectivity index (χ4v) is 0.597. The van der Waals surface area contributed by atoms with Gasteiger partial charge in [0.2, 0.25) is 0 Å². The van der Waals surface area contributed by atoms with Gasteiger partial charge in [-0.1, -0.05) is 0 Å². The molecule has 0 aliphatic rings. The molecule has 0 aromatic rings. The third kappa shape index (κ3) is 4.28. The van der Waals surface area contributed by atoms with Gasteiger partial charge in [0.15, 0.2) is 0 Å². The molecule has 0 aliphatic heterocycles. The maximum Gasteiger partial charge on any atom is 0.0902 e. The molecule has 0 rings (SSSR count). The van der Waals surface area contributed by atoms with Crippen LogP contribution in [0, 0.1) is 0 Å². The zero-order valence-corrected chi connectivity index (χ0v) is 4.72. The predicted molar refractivity (Wildman–Crippen MR) is 29.0 cm³/mol. The van der Waals surface area contributed by atoms with Gasteiger partial charge in [-0.2, -0.15) is 11.8 Å². The van der Waals surface area contributed by atoms with Crippen molar-refractivity contribution in [2.75, 3.05) is 18.7 Å². The highest BCUT2D eigenvalue weighted by atomic mass is 32.2. The molecule has 0 N–H and O–H groups in total. The number of thioether (sulfide) groups is 1. The molecule has 0 atom stereocenters. The number of alkyl halides is 1. The zero-order chi connectivity index (χ0) is 4.83. The summed E-state index contributed by atoms with van der Waals surface area (Å²) in [7, 11) is 0. The average molecular weight is 108 g/mol.